The zero-order valence-corrected chi connectivity index (χ0v) is 9.73. The predicted octanol–water partition coefficient (Wildman–Crippen LogP) is 1.58. The smallest absolute Gasteiger partial charge is 0.169 e. The van der Waals surface area contributed by atoms with E-state index in [1.54, 1.807) is 12.4 Å². The molecule has 1 saturated carbocycles. The molecule has 1 fully saturated rings. The zero-order chi connectivity index (χ0) is 10.8. The molecule has 1 aromatic rings. The molecule has 0 saturated heterocycles. The second kappa shape index (κ2) is 4.28. The highest BCUT2D eigenvalue weighted by molar-refractivity contribution is 9.10. The Morgan fingerprint density at radius 1 is 1.53 bits per heavy atom. The van der Waals surface area contributed by atoms with Crippen molar-refractivity contribution in [3.05, 3.63) is 22.9 Å². The van der Waals surface area contributed by atoms with Gasteiger partial charge in [-0.1, -0.05) is 0 Å². The summed E-state index contributed by atoms with van der Waals surface area (Å²) < 4.78 is 11.4. The van der Waals surface area contributed by atoms with Gasteiger partial charge in [0.25, 0.3) is 0 Å². The zero-order valence-electron chi connectivity index (χ0n) is 8.14. The molecule has 15 heavy (non-hydrogen) atoms. The molecule has 0 amide bonds. The van der Waals surface area contributed by atoms with Crippen LogP contribution in [0.25, 0.3) is 0 Å². The van der Waals surface area contributed by atoms with Gasteiger partial charge in [0.05, 0.1) is 6.20 Å². The largest absolute Gasteiger partial charge is 0.485 e. The van der Waals surface area contributed by atoms with E-state index in [4.69, 9.17) is 9.47 Å². The minimum absolute atomic E-state index is 0.0884. The van der Waals surface area contributed by atoms with Crippen LogP contribution in [0.4, 0.5) is 0 Å². The van der Waals surface area contributed by atoms with Crippen molar-refractivity contribution in [3.8, 4) is 5.75 Å². The highest BCUT2D eigenvalue weighted by atomic mass is 79.9. The van der Waals surface area contributed by atoms with E-state index in [1.165, 1.54) is 7.11 Å². The van der Waals surface area contributed by atoms with Crippen molar-refractivity contribution in [1.82, 2.24) is 4.98 Å². The Kier molecular flexibility index (Phi) is 3.02. The van der Waals surface area contributed by atoms with Gasteiger partial charge >= 0.3 is 0 Å². The number of nitrogens with zero attached hydrogens (tertiary/aromatic N) is 1. The van der Waals surface area contributed by atoms with E-state index in [0.717, 1.165) is 4.47 Å². The van der Waals surface area contributed by atoms with Gasteiger partial charge in [0.2, 0.25) is 0 Å². The van der Waals surface area contributed by atoms with Crippen molar-refractivity contribution in [1.29, 1.82) is 0 Å². The van der Waals surface area contributed by atoms with Crippen LogP contribution in [0.1, 0.15) is 6.42 Å². The van der Waals surface area contributed by atoms with Gasteiger partial charge in [-0.25, -0.2) is 0 Å². The number of ether oxygens (including phenoxy) is 2. The highest BCUT2D eigenvalue weighted by Crippen LogP contribution is 2.26. The summed E-state index contributed by atoms with van der Waals surface area (Å²) in [6.45, 7) is 0. The van der Waals surface area contributed by atoms with Gasteiger partial charge < -0.3 is 9.47 Å². The minimum Gasteiger partial charge on any atom is -0.485 e. The first-order valence-electron chi connectivity index (χ1n) is 4.53. The topological polar surface area (TPSA) is 48.4 Å². The van der Waals surface area contributed by atoms with Crippen LogP contribution < -0.4 is 4.74 Å². The molecule has 0 N–H and O–H groups in total. The van der Waals surface area contributed by atoms with E-state index in [-0.39, 0.29) is 11.9 Å². The number of carbonyl (C=O) groups is 1. The molecule has 0 bridgehead atoms. The standard InChI is InChI=1S/C10H10BrNO3/c1-14-10-8(13)3-9(10)15-7-2-6(11)4-12-5-7/h2,4-5,9-10H,3H2,1H3. The third-order valence-corrected chi connectivity index (χ3v) is 2.71. The van der Waals surface area contributed by atoms with E-state index in [1.807, 2.05) is 6.07 Å². The average Bonchev–Trinajstić information content (AvgIpc) is 2.17. The van der Waals surface area contributed by atoms with Crippen molar-refractivity contribution in [2.75, 3.05) is 7.11 Å². The summed E-state index contributed by atoms with van der Waals surface area (Å²) in [6, 6.07) is 1.81. The lowest BCUT2D eigenvalue weighted by molar-refractivity contribution is -0.151. The number of rotatable bonds is 3. The molecule has 2 unspecified atom stereocenters. The summed E-state index contributed by atoms with van der Waals surface area (Å²) in [4.78, 5) is 15.1. The maximum Gasteiger partial charge on any atom is 0.169 e. The fourth-order valence-corrected chi connectivity index (χ4v) is 1.83. The Bertz CT molecular complexity index is 383. The monoisotopic (exact) mass is 271 g/mol. The number of pyridine rings is 1. The van der Waals surface area contributed by atoms with Gasteiger partial charge in [0, 0.05) is 24.2 Å². The van der Waals surface area contributed by atoms with Crippen LogP contribution in [0.3, 0.4) is 0 Å². The van der Waals surface area contributed by atoms with Crippen LogP contribution in [0, 0.1) is 0 Å². The number of Topliss-reactive ketones (excluding diaryl/α,β-unsaturated/α-hetero) is 1. The highest BCUT2D eigenvalue weighted by Gasteiger charge is 2.42. The Morgan fingerprint density at radius 3 is 2.93 bits per heavy atom. The van der Waals surface area contributed by atoms with Crippen molar-refractivity contribution < 1.29 is 14.3 Å². The van der Waals surface area contributed by atoms with Gasteiger partial charge in [-0.05, 0) is 22.0 Å². The molecule has 1 aliphatic rings. The number of methoxy groups -OCH3 is 1. The molecule has 0 spiro atoms. The van der Waals surface area contributed by atoms with Crippen LogP contribution in [-0.2, 0) is 9.53 Å². The van der Waals surface area contributed by atoms with Crippen molar-refractivity contribution in [2.24, 2.45) is 0 Å². The van der Waals surface area contributed by atoms with Gasteiger partial charge in [-0.2, -0.15) is 0 Å². The van der Waals surface area contributed by atoms with Crippen molar-refractivity contribution in [3.63, 3.8) is 0 Å². The molecule has 0 radical (unpaired) electrons. The summed E-state index contributed by atoms with van der Waals surface area (Å²) in [5.74, 6) is 0.731. The maximum atomic E-state index is 11.1. The lowest BCUT2D eigenvalue weighted by Crippen LogP contribution is -2.51. The van der Waals surface area contributed by atoms with Crippen molar-refractivity contribution in [2.45, 2.75) is 18.6 Å². The average molecular weight is 272 g/mol. The van der Waals surface area contributed by atoms with Crippen LogP contribution >= 0.6 is 15.9 Å². The van der Waals surface area contributed by atoms with Crippen LogP contribution in [0.5, 0.6) is 5.75 Å². The van der Waals surface area contributed by atoms with Crippen LogP contribution in [0.2, 0.25) is 0 Å². The summed E-state index contributed by atoms with van der Waals surface area (Å²) in [5, 5.41) is 0. The van der Waals surface area contributed by atoms with E-state index in [9.17, 15) is 4.79 Å². The Hall–Kier alpha value is -0.940. The molecule has 5 heteroatoms. The molecular formula is C10H10BrNO3. The van der Waals surface area contributed by atoms with Gasteiger partial charge in [0.1, 0.15) is 11.9 Å². The number of halogens is 1. The first kappa shape index (κ1) is 10.6. The fraction of sp³-hybridized carbons (Fsp3) is 0.400. The second-order valence-corrected chi connectivity index (χ2v) is 4.24. The van der Waals surface area contributed by atoms with Gasteiger partial charge in [-0.3, -0.25) is 9.78 Å². The number of aromatic nitrogens is 1. The summed E-state index contributed by atoms with van der Waals surface area (Å²) in [7, 11) is 1.51. The van der Waals surface area contributed by atoms with Crippen molar-refractivity contribution >= 4 is 21.7 Å². The lowest BCUT2D eigenvalue weighted by atomic mass is 9.90. The lowest BCUT2D eigenvalue weighted by Gasteiger charge is -2.33. The summed E-state index contributed by atoms with van der Waals surface area (Å²) >= 11 is 3.30. The summed E-state index contributed by atoms with van der Waals surface area (Å²) in [5.41, 5.74) is 0. The van der Waals surface area contributed by atoms with E-state index in [0.29, 0.717) is 12.2 Å². The first-order chi connectivity index (χ1) is 7.20. The second-order valence-electron chi connectivity index (χ2n) is 3.32. The van der Waals surface area contributed by atoms with E-state index in [2.05, 4.69) is 20.9 Å². The molecule has 2 rings (SSSR count). The molecule has 2 atom stereocenters. The number of hydrogen-bond acceptors (Lipinski definition) is 4. The number of hydrogen-bond donors (Lipinski definition) is 0. The number of ketones is 1. The van der Waals surface area contributed by atoms with Gasteiger partial charge in [0.15, 0.2) is 11.9 Å². The normalized spacial score (nSPS) is 24.8. The molecule has 1 aliphatic carbocycles. The predicted molar refractivity (Wildman–Crippen MR) is 56.8 cm³/mol. The molecule has 0 aromatic carbocycles. The van der Waals surface area contributed by atoms with E-state index < -0.39 is 6.10 Å². The maximum absolute atomic E-state index is 11.1. The molecule has 1 heterocycles. The molecule has 1 aromatic heterocycles. The quantitative estimate of drug-likeness (QED) is 0.838. The molecular weight excluding hydrogens is 262 g/mol. The first-order valence-corrected chi connectivity index (χ1v) is 5.32. The third-order valence-electron chi connectivity index (χ3n) is 2.28. The fourth-order valence-electron chi connectivity index (χ4n) is 1.49. The van der Waals surface area contributed by atoms with Gasteiger partial charge in [-0.15, -0.1) is 0 Å². The Morgan fingerprint density at radius 2 is 2.33 bits per heavy atom. The summed E-state index contributed by atoms with van der Waals surface area (Å²) in [6.07, 6.45) is 3.08. The Balaban J connectivity index is 2.01. The SMILES string of the molecule is COC1C(=O)CC1Oc1cncc(Br)c1. The minimum atomic E-state index is -0.427. The van der Waals surface area contributed by atoms with Crippen LogP contribution in [-0.4, -0.2) is 30.1 Å². The van der Waals surface area contributed by atoms with Crippen LogP contribution in [0.15, 0.2) is 22.9 Å². The Labute approximate surface area is 95.7 Å². The molecule has 0 aliphatic heterocycles. The third kappa shape index (κ3) is 2.18. The molecule has 80 valence electrons. The number of carbonyl (C=O) groups excluding carboxylic acids is 1. The molecule has 4 nitrogen and oxygen atoms in total. The van der Waals surface area contributed by atoms with E-state index >= 15 is 0 Å².